The highest BCUT2D eigenvalue weighted by Crippen LogP contribution is 2.26. The van der Waals surface area contributed by atoms with Crippen LogP contribution < -0.4 is 5.32 Å². The molecule has 1 aromatic carbocycles. The maximum Gasteiger partial charge on any atom is 0.0656 e. The zero-order valence-corrected chi connectivity index (χ0v) is 15.4. The SMILES string of the molecule is CCCNC(Cc1cccc(Br)c1)c1csc(I)c1. The van der Waals surface area contributed by atoms with E-state index in [9.17, 15) is 0 Å². The number of hydrogen-bond acceptors (Lipinski definition) is 2. The Hall–Kier alpha value is 0.0900. The lowest BCUT2D eigenvalue weighted by Crippen LogP contribution is -2.23. The van der Waals surface area contributed by atoms with Gasteiger partial charge in [0.2, 0.25) is 0 Å². The molecule has 0 fully saturated rings. The Kier molecular flexibility index (Phi) is 6.32. The Morgan fingerprint density at radius 3 is 2.84 bits per heavy atom. The van der Waals surface area contributed by atoms with Crippen molar-refractivity contribution in [1.82, 2.24) is 5.32 Å². The third kappa shape index (κ3) is 4.85. The summed E-state index contributed by atoms with van der Waals surface area (Å²) in [5.74, 6) is 0. The van der Waals surface area contributed by atoms with Gasteiger partial charge in [-0.1, -0.05) is 35.0 Å². The van der Waals surface area contributed by atoms with E-state index in [1.165, 1.54) is 14.0 Å². The van der Waals surface area contributed by atoms with Crippen LogP contribution in [0.3, 0.4) is 0 Å². The van der Waals surface area contributed by atoms with Gasteiger partial charge < -0.3 is 5.32 Å². The second kappa shape index (κ2) is 7.76. The fraction of sp³-hybridized carbons (Fsp3) is 0.333. The van der Waals surface area contributed by atoms with E-state index in [0.29, 0.717) is 6.04 Å². The highest BCUT2D eigenvalue weighted by atomic mass is 127. The Labute approximate surface area is 141 Å². The van der Waals surface area contributed by atoms with Crippen molar-refractivity contribution in [2.45, 2.75) is 25.8 Å². The molecule has 102 valence electrons. The van der Waals surface area contributed by atoms with E-state index in [2.05, 4.69) is 86.5 Å². The molecule has 1 unspecified atom stereocenters. The molecule has 0 saturated heterocycles. The van der Waals surface area contributed by atoms with Crippen molar-refractivity contribution >= 4 is 49.9 Å². The molecule has 0 aliphatic rings. The molecule has 0 aliphatic heterocycles. The molecule has 0 radical (unpaired) electrons. The van der Waals surface area contributed by atoms with Crippen molar-refractivity contribution in [1.29, 1.82) is 0 Å². The fourth-order valence-corrected chi connectivity index (χ4v) is 3.90. The van der Waals surface area contributed by atoms with Crippen LogP contribution in [0.5, 0.6) is 0 Å². The summed E-state index contributed by atoms with van der Waals surface area (Å²) in [6.07, 6.45) is 2.20. The van der Waals surface area contributed by atoms with E-state index in [-0.39, 0.29) is 0 Å². The largest absolute Gasteiger partial charge is 0.310 e. The second-order valence-corrected chi connectivity index (χ2v) is 8.25. The molecular formula is C15H17BrINS. The fourth-order valence-electron chi connectivity index (χ4n) is 2.03. The van der Waals surface area contributed by atoms with Gasteiger partial charge in [-0.2, -0.15) is 0 Å². The van der Waals surface area contributed by atoms with Crippen molar-refractivity contribution in [3.63, 3.8) is 0 Å². The minimum atomic E-state index is 0.411. The summed E-state index contributed by atoms with van der Waals surface area (Å²) >= 11 is 7.75. The van der Waals surface area contributed by atoms with Gasteiger partial charge in [-0.15, -0.1) is 11.3 Å². The van der Waals surface area contributed by atoms with Crippen LogP contribution in [0, 0.1) is 2.88 Å². The molecular weight excluding hydrogens is 433 g/mol. The van der Waals surface area contributed by atoms with Gasteiger partial charge in [-0.3, -0.25) is 0 Å². The Bertz CT molecular complexity index is 526. The third-order valence-electron chi connectivity index (χ3n) is 2.96. The molecule has 4 heteroatoms. The number of rotatable bonds is 6. The Morgan fingerprint density at radius 1 is 1.37 bits per heavy atom. The second-order valence-electron chi connectivity index (χ2n) is 4.52. The van der Waals surface area contributed by atoms with Gasteiger partial charge in [0, 0.05) is 10.5 Å². The van der Waals surface area contributed by atoms with Crippen molar-refractivity contribution < 1.29 is 0 Å². The number of halogens is 2. The van der Waals surface area contributed by atoms with Crippen LogP contribution in [0.15, 0.2) is 40.2 Å². The summed E-state index contributed by atoms with van der Waals surface area (Å²) in [4.78, 5) is 0. The average Bonchev–Trinajstić information content (AvgIpc) is 2.81. The highest BCUT2D eigenvalue weighted by Gasteiger charge is 2.13. The van der Waals surface area contributed by atoms with Gasteiger partial charge in [0.15, 0.2) is 0 Å². The predicted octanol–water partition coefficient (Wildman–Crippen LogP) is 5.40. The molecule has 1 nitrogen and oxygen atoms in total. The summed E-state index contributed by atoms with van der Waals surface area (Å²) in [5.41, 5.74) is 2.77. The monoisotopic (exact) mass is 449 g/mol. The number of hydrogen-bond donors (Lipinski definition) is 1. The number of benzene rings is 1. The molecule has 1 N–H and O–H groups in total. The molecule has 2 rings (SSSR count). The Balaban J connectivity index is 2.13. The zero-order chi connectivity index (χ0) is 13.7. The normalized spacial score (nSPS) is 12.6. The van der Waals surface area contributed by atoms with Gasteiger partial charge in [-0.25, -0.2) is 0 Å². The molecule has 19 heavy (non-hydrogen) atoms. The lowest BCUT2D eigenvalue weighted by Gasteiger charge is -2.18. The van der Waals surface area contributed by atoms with Crippen molar-refractivity contribution in [2.75, 3.05) is 6.54 Å². The molecule has 0 aliphatic carbocycles. The first-order valence-electron chi connectivity index (χ1n) is 6.40. The zero-order valence-electron chi connectivity index (χ0n) is 10.8. The summed E-state index contributed by atoms with van der Waals surface area (Å²) < 4.78 is 2.50. The van der Waals surface area contributed by atoms with Crippen LogP contribution >= 0.6 is 49.9 Å². The molecule has 0 bridgehead atoms. The molecule has 0 amide bonds. The molecule has 2 aromatic rings. The molecule has 1 heterocycles. The lowest BCUT2D eigenvalue weighted by atomic mass is 10.0. The van der Waals surface area contributed by atoms with Crippen LogP contribution in [-0.2, 0) is 6.42 Å². The van der Waals surface area contributed by atoms with Crippen LogP contribution in [0.1, 0.15) is 30.5 Å². The van der Waals surface area contributed by atoms with Crippen LogP contribution in [0.4, 0.5) is 0 Å². The van der Waals surface area contributed by atoms with Crippen LogP contribution in [-0.4, -0.2) is 6.54 Å². The first-order chi connectivity index (χ1) is 9.19. The van der Waals surface area contributed by atoms with Gasteiger partial charge in [0.25, 0.3) is 0 Å². The predicted molar refractivity (Wildman–Crippen MR) is 95.9 cm³/mol. The lowest BCUT2D eigenvalue weighted by molar-refractivity contribution is 0.530. The number of thiophene rings is 1. The van der Waals surface area contributed by atoms with Gasteiger partial charge >= 0.3 is 0 Å². The van der Waals surface area contributed by atoms with E-state index in [1.807, 2.05) is 11.3 Å². The number of nitrogens with one attached hydrogen (secondary N) is 1. The minimum absolute atomic E-state index is 0.411. The third-order valence-corrected chi connectivity index (χ3v) is 5.26. The van der Waals surface area contributed by atoms with Crippen LogP contribution in [0.25, 0.3) is 0 Å². The summed E-state index contributed by atoms with van der Waals surface area (Å²) in [6.45, 7) is 3.27. The van der Waals surface area contributed by atoms with Crippen molar-refractivity contribution in [3.8, 4) is 0 Å². The smallest absolute Gasteiger partial charge is 0.0656 e. The van der Waals surface area contributed by atoms with E-state index in [1.54, 1.807) is 0 Å². The standard InChI is InChI=1S/C15H17BrINS/c1-2-6-18-14(12-9-15(17)19-10-12)8-11-4-3-5-13(16)7-11/h3-5,7,9-10,14,18H,2,6,8H2,1H3. The van der Waals surface area contributed by atoms with Gasteiger partial charge in [0.1, 0.15) is 0 Å². The maximum atomic E-state index is 3.66. The van der Waals surface area contributed by atoms with E-state index in [0.717, 1.165) is 23.9 Å². The van der Waals surface area contributed by atoms with Crippen molar-refractivity contribution in [2.24, 2.45) is 0 Å². The first kappa shape index (κ1) is 15.5. The van der Waals surface area contributed by atoms with E-state index in [4.69, 9.17) is 0 Å². The van der Waals surface area contributed by atoms with E-state index < -0.39 is 0 Å². The molecule has 1 atom stereocenters. The van der Waals surface area contributed by atoms with Crippen molar-refractivity contribution in [3.05, 3.63) is 54.2 Å². The summed E-state index contributed by atoms with van der Waals surface area (Å²) in [5, 5.41) is 5.93. The minimum Gasteiger partial charge on any atom is -0.310 e. The topological polar surface area (TPSA) is 12.0 Å². The molecule has 0 spiro atoms. The van der Waals surface area contributed by atoms with E-state index >= 15 is 0 Å². The van der Waals surface area contributed by atoms with Gasteiger partial charge in [0.05, 0.1) is 2.88 Å². The average molecular weight is 450 g/mol. The van der Waals surface area contributed by atoms with Gasteiger partial charge in [-0.05, 0) is 76.7 Å². The first-order valence-corrected chi connectivity index (χ1v) is 9.16. The maximum absolute atomic E-state index is 3.66. The quantitative estimate of drug-likeness (QED) is 0.582. The Morgan fingerprint density at radius 2 is 2.21 bits per heavy atom. The highest BCUT2D eigenvalue weighted by molar-refractivity contribution is 14.1. The molecule has 1 aromatic heterocycles. The summed E-state index contributed by atoms with van der Waals surface area (Å²) in [6, 6.07) is 11.3. The van der Waals surface area contributed by atoms with Crippen LogP contribution in [0.2, 0.25) is 0 Å². The molecule has 0 saturated carbocycles. The summed E-state index contributed by atoms with van der Waals surface area (Å²) in [7, 11) is 0.